The average molecular weight is 374 g/mol. The Balaban J connectivity index is 1.72. The van der Waals surface area contributed by atoms with Crippen LogP contribution >= 0.6 is 0 Å². The second-order valence-electron chi connectivity index (χ2n) is 13.6. The van der Waals surface area contributed by atoms with E-state index in [1.165, 1.54) is 64.2 Å². The molecule has 0 heterocycles. The van der Waals surface area contributed by atoms with Crippen molar-refractivity contribution < 1.29 is 0 Å². The van der Waals surface area contributed by atoms with Crippen molar-refractivity contribution in [1.82, 2.24) is 0 Å². The molecule has 27 heavy (non-hydrogen) atoms. The molecular weight excluding hydrogens is 324 g/mol. The Labute approximate surface area is 171 Å². The molecule has 0 nitrogen and oxygen atoms in total. The second kappa shape index (κ2) is 7.68. The predicted molar refractivity (Wildman–Crippen MR) is 120 cm³/mol. The van der Waals surface area contributed by atoms with Crippen LogP contribution in [0.5, 0.6) is 0 Å². The van der Waals surface area contributed by atoms with Crippen LogP contribution in [0.2, 0.25) is 0 Å². The van der Waals surface area contributed by atoms with Crippen LogP contribution in [0.4, 0.5) is 0 Å². The van der Waals surface area contributed by atoms with Crippen molar-refractivity contribution >= 4 is 0 Å². The van der Waals surface area contributed by atoms with Crippen molar-refractivity contribution in [3.63, 3.8) is 0 Å². The van der Waals surface area contributed by atoms with Crippen LogP contribution in [0.15, 0.2) is 0 Å². The Kier molecular flexibility index (Phi) is 6.17. The van der Waals surface area contributed by atoms with Gasteiger partial charge in [0, 0.05) is 0 Å². The first-order valence-electron chi connectivity index (χ1n) is 12.2. The summed E-state index contributed by atoms with van der Waals surface area (Å²) in [7, 11) is 0. The van der Waals surface area contributed by atoms with Crippen LogP contribution in [-0.2, 0) is 0 Å². The van der Waals surface area contributed by atoms with Crippen molar-refractivity contribution in [2.75, 3.05) is 0 Å². The normalized spacial score (nSPS) is 38.7. The third-order valence-corrected chi connectivity index (χ3v) is 8.70. The quantitative estimate of drug-likeness (QED) is 0.454. The minimum absolute atomic E-state index is 0.509. The van der Waals surface area contributed by atoms with Gasteiger partial charge in [-0.3, -0.25) is 0 Å². The van der Waals surface area contributed by atoms with Gasteiger partial charge in [0.2, 0.25) is 0 Å². The summed E-state index contributed by atoms with van der Waals surface area (Å²) < 4.78 is 0. The molecule has 3 fully saturated rings. The van der Waals surface area contributed by atoms with Crippen LogP contribution in [0.3, 0.4) is 0 Å². The molecule has 0 spiro atoms. The zero-order chi connectivity index (χ0) is 20.0. The lowest BCUT2D eigenvalue weighted by Gasteiger charge is -2.52. The number of hydrogen-bond donors (Lipinski definition) is 0. The van der Waals surface area contributed by atoms with Gasteiger partial charge in [-0.2, -0.15) is 0 Å². The van der Waals surface area contributed by atoms with E-state index in [0.717, 1.165) is 29.6 Å². The van der Waals surface area contributed by atoms with Crippen LogP contribution in [0.25, 0.3) is 0 Å². The molecule has 0 amide bonds. The van der Waals surface area contributed by atoms with Gasteiger partial charge >= 0.3 is 0 Å². The lowest BCUT2D eigenvalue weighted by molar-refractivity contribution is 0.0417. The van der Waals surface area contributed by atoms with E-state index in [1.807, 2.05) is 5.92 Å². The molecule has 3 saturated carbocycles. The van der Waals surface area contributed by atoms with E-state index in [-0.39, 0.29) is 0 Å². The first kappa shape index (κ1) is 21.7. The van der Waals surface area contributed by atoms with Crippen molar-refractivity contribution in [2.24, 2.45) is 45.8 Å². The fourth-order valence-corrected chi connectivity index (χ4v) is 7.80. The summed E-state index contributed by atoms with van der Waals surface area (Å²) in [6.07, 6.45) is 14.7. The van der Waals surface area contributed by atoms with E-state index in [4.69, 9.17) is 0 Å². The van der Waals surface area contributed by atoms with Crippen molar-refractivity contribution in [3.05, 3.63) is 5.92 Å². The molecule has 3 aliphatic rings. The Morgan fingerprint density at radius 1 is 0.815 bits per heavy atom. The summed E-state index contributed by atoms with van der Waals surface area (Å²) in [5.74, 6) is 6.78. The molecule has 0 N–H and O–H groups in total. The van der Waals surface area contributed by atoms with Crippen LogP contribution < -0.4 is 0 Å². The summed E-state index contributed by atoms with van der Waals surface area (Å²) in [5, 5.41) is 0. The van der Waals surface area contributed by atoms with E-state index in [9.17, 15) is 0 Å². The largest absolute Gasteiger partial charge is 0.0625 e. The standard InChI is InChI=1S/C27H49/c1-19-9-14-23(21-16-26(5,6)18-27(7,8)17-21)24(15-19)20-10-12-22(13-11-20)25(2,3)4/h19-22,24H,9-18H2,1-8H3. The van der Waals surface area contributed by atoms with Crippen molar-refractivity contribution in [2.45, 2.75) is 120 Å². The minimum Gasteiger partial charge on any atom is -0.0625 e. The molecule has 157 valence electrons. The van der Waals surface area contributed by atoms with E-state index in [0.29, 0.717) is 16.2 Å². The lowest BCUT2D eigenvalue weighted by Crippen LogP contribution is -2.42. The highest BCUT2D eigenvalue weighted by Gasteiger charge is 2.46. The van der Waals surface area contributed by atoms with Gasteiger partial charge < -0.3 is 0 Å². The Morgan fingerprint density at radius 2 is 1.37 bits per heavy atom. The molecule has 0 aromatic carbocycles. The first-order chi connectivity index (χ1) is 12.4. The Hall–Kier alpha value is 0. The maximum Gasteiger partial charge on any atom is -0.0176 e. The third kappa shape index (κ3) is 5.33. The fraction of sp³-hybridized carbons (Fsp3) is 0.963. The molecule has 0 saturated heterocycles. The van der Waals surface area contributed by atoms with Gasteiger partial charge in [-0.1, -0.05) is 61.8 Å². The van der Waals surface area contributed by atoms with E-state index >= 15 is 0 Å². The van der Waals surface area contributed by atoms with Gasteiger partial charge in [-0.05, 0) is 110 Å². The fourth-order valence-electron chi connectivity index (χ4n) is 7.80. The molecule has 0 heteroatoms. The molecule has 1 radical (unpaired) electrons. The summed E-state index contributed by atoms with van der Waals surface area (Å²) >= 11 is 0. The van der Waals surface area contributed by atoms with Crippen LogP contribution in [0.1, 0.15) is 120 Å². The van der Waals surface area contributed by atoms with Crippen LogP contribution in [0, 0.1) is 51.8 Å². The topological polar surface area (TPSA) is 0 Å². The SMILES string of the molecule is CC1CC[C](C2CC(C)(C)CC(C)(C)C2)C(C2CCC(C(C)(C)C)CC2)C1. The maximum absolute atomic E-state index is 2.54. The average Bonchev–Trinajstić information content (AvgIpc) is 2.51. The number of rotatable bonds is 2. The van der Waals surface area contributed by atoms with Gasteiger partial charge in [0.1, 0.15) is 0 Å². The van der Waals surface area contributed by atoms with Gasteiger partial charge in [-0.25, -0.2) is 0 Å². The summed E-state index contributed by atoms with van der Waals surface area (Å²) in [5.41, 5.74) is 1.56. The third-order valence-electron chi connectivity index (χ3n) is 8.70. The molecule has 0 aromatic heterocycles. The van der Waals surface area contributed by atoms with E-state index < -0.39 is 0 Å². The Morgan fingerprint density at radius 3 is 1.89 bits per heavy atom. The van der Waals surface area contributed by atoms with Gasteiger partial charge in [-0.15, -0.1) is 0 Å². The van der Waals surface area contributed by atoms with Crippen molar-refractivity contribution in [3.8, 4) is 0 Å². The second-order valence-corrected chi connectivity index (χ2v) is 13.6. The van der Waals surface area contributed by atoms with Crippen LogP contribution in [-0.4, -0.2) is 0 Å². The highest BCUT2D eigenvalue weighted by Crippen LogP contribution is 2.57. The van der Waals surface area contributed by atoms with Gasteiger partial charge in [0.15, 0.2) is 0 Å². The van der Waals surface area contributed by atoms with Gasteiger partial charge in [0.25, 0.3) is 0 Å². The molecule has 2 unspecified atom stereocenters. The highest BCUT2D eigenvalue weighted by atomic mass is 14.5. The molecule has 2 atom stereocenters. The summed E-state index contributed by atoms with van der Waals surface area (Å²) in [6, 6.07) is 0. The number of hydrogen-bond acceptors (Lipinski definition) is 0. The summed E-state index contributed by atoms with van der Waals surface area (Å²) in [6.45, 7) is 20.1. The molecule has 0 bridgehead atoms. The Bertz CT molecular complexity index is 467. The maximum atomic E-state index is 2.54. The predicted octanol–water partition coefficient (Wildman–Crippen LogP) is 8.70. The molecule has 3 aliphatic carbocycles. The molecular formula is C27H49. The smallest absolute Gasteiger partial charge is 0.0176 e. The van der Waals surface area contributed by atoms with Crippen molar-refractivity contribution in [1.29, 1.82) is 0 Å². The zero-order valence-corrected chi connectivity index (χ0v) is 20.0. The summed E-state index contributed by atoms with van der Waals surface area (Å²) in [4.78, 5) is 0. The van der Waals surface area contributed by atoms with E-state index in [1.54, 1.807) is 0 Å². The minimum atomic E-state index is 0.509. The highest BCUT2D eigenvalue weighted by molar-refractivity contribution is 5.11. The molecule has 3 rings (SSSR count). The zero-order valence-electron chi connectivity index (χ0n) is 20.0. The van der Waals surface area contributed by atoms with Gasteiger partial charge in [0.05, 0.1) is 0 Å². The molecule has 0 aromatic rings. The monoisotopic (exact) mass is 373 g/mol. The van der Waals surface area contributed by atoms with E-state index in [2.05, 4.69) is 55.4 Å². The molecule has 0 aliphatic heterocycles. The first-order valence-corrected chi connectivity index (χ1v) is 12.2. The lowest BCUT2D eigenvalue weighted by atomic mass is 9.53.